The predicted octanol–water partition coefficient (Wildman–Crippen LogP) is 1.57. The summed E-state index contributed by atoms with van der Waals surface area (Å²) in [5, 5.41) is 14.4. The van der Waals surface area contributed by atoms with E-state index >= 15 is 0 Å². The predicted molar refractivity (Wildman–Crippen MR) is 82.2 cm³/mol. The van der Waals surface area contributed by atoms with Gasteiger partial charge in [-0.3, -0.25) is 9.59 Å². The smallest absolute Gasteiger partial charge is 0.251 e. The second-order valence-corrected chi connectivity index (χ2v) is 6.38. The molecule has 1 aromatic carbocycles. The molecule has 5 nitrogen and oxygen atoms in total. The van der Waals surface area contributed by atoms with Gasteiger partial charge in [-0.2, -0.15) is 0 Å². The summed E-state index contributed by atoms with van der Waals surface area (Å²) in [5.74, 6) is -0.418. The van der Waals surface area contributed by atoms with Crippen molar-refractivity contribution in [2.75, 3.05) is 13.2 Å². The lowest BCUT2D eigenvalue weighted by molar-refractivity contribution is 0.0916. The Bertz CT molecular complexity index is 489. The molecular weight excluding hydrogens is 268 g/mol. The summed E-state index contributed by atoms with van der Waals surface area (Å²) in [6.45, 7) is 8.32. The molecule has 0 aliphatic heterocycles. The van der Waals surface area contributed by atoms with Crippen molar-refractivity contribution in [3.63, 3.8) is 0 Å². The lowest BCUT2D eigenvalue weighted by Crippen LogP contribution is -2.35. The molecule has 0 aliphatic rings. The summed E-state index contributed by atoms with van der Waals surface area (Å²) in [5.41, 5.74) is 1.00. The van der Waals surface area contributed by atoms with Crippen LogP contribution in [0.4, 0.5) is 0 Å². The topological polar surface area (TPSA) is 78.4 Å². The van der Waals surface area contributed by atoms with Crippen LogP contribution in [0.3, 0.4) is 0 Å². The van der Waals surface area contributed by atoms with Gasteiger partial charge < -0.3 is 15.7 Å². The van der Waals surface area contributed by atoms with E-state index in [-0.39, 0.29) is 29.9 Å². The molecule has 116 valence electrons. The first-order valence-corrected chi connectivity index (χ1v) is 7.03. The molecule has 0 fully saturated rings. The molecule has 21 heavy (non-hydrogen) atoms. The van der Waals surface area contributed by atoms with Gasteiger partial charge in [0, 0.05) is 23.7 Å². The van der Waals surface area contributed by atoms with Crippen LogP contribution in [0, 0.1) is 5.41 Å². The number of amides is 2. The third-order valence-electron chi connectivity index (χ3n) is 2.84. The molecule has 0 aromatic heterocycles. The fourth-order valence-corrected chi connectivity index (χ4v) is 1.57. The molecule has 1 rings (SSSR count). The van der Waals surface area contributed by atoms with Crippen LogP contribution in [0.2, 0.25) is 0 Å². The van der Waals surface area contributed by atoms with Crippen molar-refractivity contribution in [2.45, 2.75) is 33.7 Å². The fraction of sp³-hybridized carbons (Fsp3) is 0.500. The van der Waals surface area contributed by atoms with Crippen LogP contribution in [0.1, 0.15) is 48.4 Å². The highest BCUT2D eigenvalue weighted by atomic mass is 16.3. The molecule has 1 aromatic rings. The molecule has 1 atom stereocenters. The van der Waals surface area contributed by atoms with Gasteiger partial charge in [0.2, 0.25) is 0 Å². The van der Waals surface area contributed by atoms with Crippen LogP contribution in [-0.2, 0) is 0 Å². The van der Waals surface area contributed by atoms with E-state index in [2.05, 4.69) is 10.6 Å². The van der Waals surface area contributed by atoms with Gasteiger partial charge in [-0.15, -0.1) is 0 Å². The van der Waals surface area contributed by atoms with E-state index in [0.29, 0.717) is 17.7 Å². The zero-order chi connectivity index (χ0) is 16.0. The summed E-state index contributed by atoms with van der Waals surface area (Å²) in [4.78, 5) is 23.8. The Labute approximate surface area is 125 Å². The number of nitrogens with one attached hydrogen (secondary N) is 2. The van der Waals surface area contributed by atoms with Gasteiger partial charge in [0.1, 0.15) is 0 Å². The number of aliphatic hydroxyl groups is 1. The van der Waals surface area contributed by atoms with Crippen LogP contribution >= 0.6 is 0 Å². The third kappa shape index (κ3) is 5.95. The number of hydrogen-bond acceptors (Lipinski definition) is 3. The monoisotopic (exact) mass is 292 g/mol. The molecular formula is C16H24N2O3. The molecule has 0 heterocycles. The summed E-state index contributed by atoms with van der Waals surface area (Å²) >= 11 is 0. The van der Waals surface area contributed by atoms with E-state index in [4.69, 9.17) is 5.11 Å². The van der Waals surface area contributed by atoms with Crippen LogP contribution in [-0.4, -0.2) is 36.1 Å². The average molecular weight is 292 g/mol. The summed E-state index contributed by atoms with van der Waals surface area (Å²) in [6, 6.07) is 6.15. The molecule has 0 aliphatic carbocycles. The number of aliphatic hydroxyl groups excluding tert-OH is 1. The van der Waals surface area contributed by atoms with Gasteiger partial charge in [-0.25, -0.2) is 0 Å². The van der Waals surface area contributed by atoms with Crippen LogP contribution in [0.25, 0.3) is 0 Å². The van der Waals surface area contributed by atoms with Gasteiger partial charge in [-0.1, -0.05) is 20.8 Å². The Morgan fingerprint density at radius 2 is 1.57 bits per heavy atom. The van der Waals surface area contributed by atoms with Gasteiger partial charge in [0.25, 0.3) is 11.8 Å². The molecule has 0 bridgehead atoms. The fourth-order valence-electron chi connectivity index (χ4n) is 1.57. The van der Waals surface area contributed by atoms with E-state index in [0.717, 1.165) is 0 Å². The highest BCUT2D eigenvalue weighted by Gasteiger charge is 2.14. The minimum Gasteiger partial charge on any atom is -0.394 e. The van der Waals surface area contributed by atoms with Gasteiger partial charge in [-0.05, 0) is 36.6 Å². The highest BCUT2D eigenvalue weighted by Crippen LogP contribution is 2.11. The number of rotatable bonds is 5. The zero-order valence-electron chi connectivity index (χ0n) is 13.1. The average Bonchev–Trinajstić information content (AvgIpc) is 2.43. The lowest BCUT2D eigenvalue weighted by Gasteiger charge is -2.18. The van der Waals surface area contributed by atoms with E-state index in [1.807, 2.05) is 20.8 Å². The quantitative estimate of drug-likeness (QED) is 0.771. The summed E-state index contributed by atoms with van der Waals surface area (Å²) < 4.78 is 0. The van der Waals surface area contributed by atoms with Gasteiger partial charge in [0.15, 0.2) is 0 Å². The van der Waals surface area contributed by atoms with Crippen molar-refractivity contribution >= 4 is 11.8 Å². The van der Waals surface area contributed by atoms with Crippen molar-refractivity contribution in [1.82, 2.24) is 10.6 Å². The van der Waals surface area contributed by atoms with E-state index in [9.17, 15) is 9.59 Å². The second kappa shape index (κ2) is 7.22. The largest absolute Gasteiger partial charge is 0.394 e. The standard InChI is InChI=1S/C16H24N2O3/c1-11(9-19)18-15(21)13-7-5-12(6-8-13)14(20)17-10-16(2,3)4/h5-8,11,19H,9-10H2,1-4H3,(H,17,20)(H,18,21). The Kier molecular flexibility index (Phi) is 5.90. The van der Waals surface area contributed by atoms with Crippen molar-refractivity contribution in [3.8, 4) is 0 Å². The normalized spacial score (nSPS) is 12.6. The highest BCUT2D eigenvalue weighted by molar-refractivity contribution is 5.97. The minimum atomic E-state index is -0.299. The number of benzene rings is 1. The molecule has 0 radical (unpaired) electrons. The SMILES string of the molecule is CC(CO)NC(=O)c1ccc(C(=O)NCC(C)(C)C)cc1. The maximum Gasteiger partial charge on any atom is 0.251 e. The molecule has 2 amide bonds. The first-order chi connectivity index (χ1) is 9.73. The Balaban J connectivity index is 2.65. The van der Waals surface area contributed by atoms with Crippen molar-refractivity contribution in [2.24, 2.45) is 5.41 Å². The molecule has 1 unspecified atom stereocenters. The minimum absolute atomic E-state index is 0.0237. The summed E-state index contributed by atoms with van der Waals surface area (Å²) in [7, 11) is 0. The third-order valence-corrected chi connectivity index (χ3v) is 2.84. The number of carbonyl (C=O) groups is 2. The Morgan fingerprint density at radius 1 is 1.10 bits per heavy atom. The first kappa shape index (κ1) is 17.2. The number of carbonyl (C=O) groups excluding carboxylic acids is 2. The van der Waals surface area contributed by atoms with Crippen LogP contribution in [0.15, 0.2) is 24.3 Å². The van der Waals surface area contributed by atoms with E-state index in [1.54, 1.807) is 31.2 Å². The van der Waals surface area contributed by atoms with Crippen molar-refractivity contribution < 1.29 is 14.7 Å². The summed E-state index contributed by atoms with van der Waals surface area (Å²) in [6.07, 6.45) is 0. The van der Waals surface area contributed by atoms with Crippen molar-refractivity contribution in [1.29, 1.82) is 0 Å². The lowest BCUT2D eigenvalue weighted by atomic mass is 9.97. The van der Waals surface area contributed by atoms with Gasteiger partial charge >= 0.3 is 0 Å². The molecule has 0 saturated heterocycles. The maximum atomic E-state index is 12.0. The van der Waals surface area contributed by atoms with Crippen LogP contribution < -0.4 is 10.6 Å². The van der Waals surface area contributed by atoms with Crippen LogP contribution in [0.5, 0.6) is 0 Å². The molecule has 0 saturated carbocycles. The molecule has 5 heteroatoms. The van der Waals surface area contributed by atoms with E-state index in [1.165, 1.54) is 0 Å². The Hall–Kier alpha value is -1.88. The molecule has 0 spiro atoms. The van der Waals surface area contributed by atoms with E-state index < -0.39 is 0 Å². The van der Waals surface area contributed by atoms with Crippen molar-refractivity contribution in [3.05, 3.63) is 35.4 Å². The maximum absolute atomic E-state index is 12.0. The zero-order valence-corrected chi connectivity index (χ0v) is 13.1. The van der Waals surface area contributed by atoms with Gasteiger partial charge in [0.05, 0.1) is 6.61 Å². The first-order valence-electron chi connectivity index (χ1n) is 7.03. The molecule has 3 N–H and O–H groups in total. The second-order valence-electron chi connectivity index (χ2n) is 6.38. The number of hydrogen-bond donors (Lipinski definition) is 3. The Morgan fingerprint density at radius 3 is 2.00 bits per heavy atom.